The molecule has 2 rings (SSSR count). The Kier molecular flexibility index (Phi) is 3.56. The molecule has 1 unspecified atom stereocenters. The molecule has 0 aliphatic carbocycles. The molecule has 16 heavy (non-hydrogen) atoms. The van der Waals surface area contributed by atoms with Crippen LogP contribution in [-0.2, 0) is 0 Å². The second-order valence-corrected chi connectivity index (χ2v) is 4.46. The van der Waals surface area contributed by atoms with Crippen LogP contribution in [0, 0.1) is 0 Å². The van der Waals surface area contributed by atoms with E-state index in [1.165, 1.54) is 12.8 Å². The highest BCUT2D eigenvalue weighted by Gasteiger charge is 2.19. The third-order valence-corrected chi connectivity index (χ3v) is 3.28. The Morgan fingerprint density at radius 2 is 2.25 bits per heavy atom. The van der Waals surface area contributed by atoms with Gasteiger partial charge in [0, 0.05) is 17.7 Å². The van der Waals surface area contributed by atoms with Gasteiger partial charge >= 0.3 is 0 Å². The van der Waals surface area contributed by atoms with Crippen molar-refractivity contribution in [2.24, 2.45) is 0 Å². The van der Waals surface area contributed by atoms with E-state index >= 15 is 0 Å². The Balaban J connectivity index is 2.29. The van der Waals surface area contributed by atoms with E-state index in [0.717, 1.165) is 18.5 Å². The molecule has 1 aromatic carbocycles. The topological polar surface area (TPSA) is 41.5 Å². The average Bonchev–Trinajstić information content (AvgIpc) is 2.32. The van der Waals surface area contributed by atoms with E-state index in [1.54, 1.807) is 19.2 Å². The van der Waals surface area contributed by atoms with Gasteiger partial charge in [-0.25, -0.2) is 0 Å². The number of rotatable bonds is 2. The Morgan fingerprint density at radius 3 is 2.88 bits per heavy atom. The van der Waals surface area contributed by atoms with Gasteiger partial charge in [0.25, 0.3) is 0 Å². The molecule has 0 spiro atoms. The molecule has 0 saturated carbocycles. The molecule has 1 aliphatic heterocycles. The molecule has 4 heteroatoms. The van der Waals surface area contributed by atoms with E-state index in [9.17, 15) is 5.11 Å². The summed E-state index contributed by atoms with van der Waals surface area (Å²) in [5, 5.41) is 13.8. The lowest BCUT2D eigenvalue weighted by atomic mass is 9.97. The van der Waals surface area contributed by atoms with E-state index in [-0.39, 0.29) is 11.8 Å². The highest BCUT2D eigenvalue weighted by Crippen LogP contribution is 2.37. The zero-order valence-corrected chi connectivity index (χ0v) is 10.0. The summed E-state index contributed by atoms with van der Waals surface area (Å²) in [5.74, 6) is 0.763. The number of aromatic hydroxyl groups is 1. The van der Waals surface area contributed by atoms with Gasteiger partial charge in [0.15, 0.2) is 0 Å². The summed E-state index contributed by atoms with van der Waals surface area (Å²) in [4.78, 5) is 0. The average molecular weight is 242 g/mol. The maximum absolute atomic E-state index is 9.92. The molecule has 1 fully saturated rings. The van der Waals surface area contributed by atoms with Gasteiger partial charge in [-0.3, -0.25) is 0 Å². The number of phenolic OH excluding ortho intramolecular Hbond substituents is 1. The molecule has 0 amide bonds. The van der Waals surface area contributed by atoms with Gasteiger partial charge in [0.05, 0.1) is 12.1 Å². The largest absolute Gasteiger partial charge is 0.507 e. The van der Waals surface area contributed by atoms with Crippen molar-refractivity contribution >= 4 is 11.6 Å². The third-order valence-electron chi connectivity index (χ3n) is 2.99. The van der Waals surface area contributed by atoms with Crippen molar-refractivity contribution in [2.45, 2.75) is 25.3 Å². The number of halogens is 1. The number of phenols is 1. The molecule has 1 atom stereocenters. The molecule has 0 radical (unpaired) electrons. The number of benzene rings is 1. The maximum atomic E-state index is 9.92. The van der Waals surface area contributed by atoms with Crippen LogP contribution < -0.4 is 10.1 Å². The highest BCUT2D eigenvalue weighted by molar-refractivity contribution is 6.32. The lowest BCUT2D eigenvalue weighted by molar-refractivity contribution is 0.383. The third kappa shape index (κ3) is 2.25. The molecule has 2 N–H and O–H groups in total. The molecule has 1 heterocycles. The Labute approximate surface area is 100 Å². The van der Waals surface area contributed by atoms with Crippen molar-refractivity contribution in [3.05, 3.63) is 22.7 Å². The van der Waals surface area contributed by atoms with Gasteiger partial charge < -0.3 is 15.2 Å². The summed E-state index contributed by atoms with van der Waals surface area (Å²) in [6.45, 7) is 0.994. The van der Waals surface area contributed by atoms with Crippen molar-refractivity contribution in [2.75, 3.05) is 13.7 Å². The molecule has 1 aromatic rings. The molecule has 1 saturated heterocycles. The van der Waals surface area contributed by atoms with Gasteiger partial charge in [-0.2, -0.15) is 0 Å². The van der Waals surface area contributed by atoms with Gasteiger partial charge in [-0.1, -0.05) is 18.0 Å². The zero-order valence-electron chi connectivity index (χ0n) is 9.29. The number of nitrogens with one attached hydrogen (secondary N) is 1. The van der Waals surface area contributed by atoms with Crippen LogP contribution in [-0.4, -0.2) is 18.8 Å². The second kappa shape index (κ2) is 4.93. The van der Waals surface area contributed by atoms with Crippen LogP contribution in [0.25, 0.3) is 0 Å². The van der Waals surface area contributed by atoms with Crippen molar-refractivity contribution in [3.8, 4) is 11.5 Å². The van der Waals surface area contributed by atoms with Crippen molar-refractivity contribution in [3.63, 3.8) is 0 Å². The number of piperidine rings is 1. The molecule has 0 bridgehead atoms. The zero-order chi connectivity index (χ0) is 11.5. The first-order valence-electron chi connectivity index (χ1n) is 5.52. The molecular weight excluding hydrogens is 226 g/mol. The van der Waals surface area contributed by atoms with E-state index < -0.39 is 0 Å². The predicted octanol–water partition coefficient (Wildman–Crippen LogP) is 2.87. The number of methoxy groups -OCH3 is 1. The minimum atomic E-state index is 0.206. The smallest absolute Gasteiger partial charge is 0.141 e. The number of hydrogen-bond donors (Lipinski definition) is 2. The van der Waals surface area contributed by atoms with E-state index in [2.05, 4.69) is 5.32 Å². The minimum Gasteiger partial charge on any atom is -0.507 e. The summed E-state index contributed by atoms with van der Waals surface area (Å²) in [7, 11) is 1.54. The molecule has 3 nitrogen and oxygen atoms in total. The molecule has 1 aliphatic rings. The number of hydrogen-bond acceptors (Lipinski definition) is 3. The lowest BCUT2D eigenvalue weighted by Gasteiger charge is -2.25. The summed E-state index contributed by atoms with van der Waals surface area (Å²) in [5.41, 5.74) is 0.866. The van der Waals surface area contributed by atoms with Crippen molar-refractivity contribution in [1.82, 2.24) is 5.32 Å². The summed E-state index contributed by atoms with van der Waals surface area (Å²) in [6, 6.07) is 3.57. The quantitative estimate of drug-likeness (QED) is 0.837. The van der Waals surface area contributed by atoms with Crippen LogP contribution in [0.3, 0.4) is 0 Å². The highest BCUT2D eigenvalue weighted by atomic mass is 35.5. The van der Waals surface area contributed by atoms with Crippen LogP contribution in [0.2, 0.25) is 5.02 Å². The van der Waals surface area contributed by atoms with Gasteiger partial charge in [0.1, 0.15) is 11.5 Å². The van der Waals surface area contributed by atoms with Crippen molar-refractivity contribution in [1.29, 1.82) is 0 Å². The first-order valence-corrected chi connectivity index (χ1v) is 5.90. The van der Waals surface area contributed by atoms with E-state index in [1.807, 2.05) is 0 Å². The lowest BCUT2D eigenvalue weighted by Crippen LogP contribution is -2.26. The summed E-state index contributed by atoms with van der Waals surface area (Å²) in [6.07, 6.45) is 3.41. The first-order chi connectivity index (χ1) is 7.72. The second-order valence-electron chi connectivity index (χ2n) is 4.05. The van der Waals surface area contributed by atoms with Crippen molar-refractivity contribution < 1.29 is 9.84 Å². The SMILES string of the molecule is COc1cc(O)c(C2CCCCN2)cc1Cl. The maximum Gasteiger partial charge on any atom is 0.141 e. The fourth-order valence-corrected chi connectivity index (χ4v) is 2.36. The fourth-order valence-electron chi connectivity index (χ4n) is 2.11. The molecular formula is C12H16ClNO2. The van der Waals surface area contributed by atoms with Crippen LogP contribution in [0.5, 0.6) is 11.5 Å². The van der Waals surface area contributed by atoms with E-state index in [4.69, 9.17) is 16.3 Å². The standard InChI is InChI=1S/C12H16ClNO2/c1-16-12-7-11(15)8(6-9(12)13)10-4-2-3-5-14-10/h6-7,10,14-15H,2-5H2,1H3. The normalized spacial score (nSPS) is 20.8. The summed E-state index contributed by atoms with van der Waals surface area (Å²) >= 11 is 6.06. The Morgan fingerprint density at radius 1 is 1.44 bits per heavy atom. The predicted molar refractivity (Wildman–Crippen MR) is 64.3 cm³/mol. The van der Waals surface area contributed by atoms with Gasteiger partial charge in [0.2, 0.25) is 0 Å². The first kappa shape index (κ1) is 11.6. The van der Waals surface area contributed by atoms with Crippen LogP contribution in [0.15, 0.2) is 12.1 Å². The molecule has 88 valence electrons. The van der Waals surface area contributed by atoms with Gasteiger partial charge in [-0.05, 0) is 25.5 Å². The van der Waals surface area contributed by atoms with Crippen LogP contribution >= 0.6 is 11.6 Å². The summed E-state index contributed by atoms with van der Waals surface area (Å²) < 4.78 is 5.06. The van der Waals surface area contributed by atoms with Crippen LogP contribution in [0.1, 0.15) is 30.9 Å². The Hall–Kier alpha value is -0.930. The Bertz CT molecular complexity index is 376. The fraction of sp³-hybridized carbons (Fsp3) is 0.500. The van der Waals surface area contributed by atoms with E-state index in [0.29, 0.717) is 10.8 Å². The molecule has 0 aromatic heterocycles. The van der Waals surface area contributed by atoms with Gasteiger partial charge in [-0.15, -0.1) is 0 Å². The number of ether oxygens (including phenoxy) is 1. The minimum absolute atomic E-state index is 0.206. The van der Waals surface area contributed by atoms with Crippen LogP contribution in [0.4, 0.5) is 0 Å². The monoisotopic (exact) mass is 241 g/mol.